The largest absolute Gasteiger partial charge is 0.396 e. The van der Waals surface area contributed by atoms with E-state index in [1.54, 1.807) is 0 Å². The summed E-state index contributed by atoms with van der Waals surface area (Å²) in [5.74, 6) is 2.10. The van der Waals surface area contributed by atoms with Crippen LogP contribution in [-0.2, 0) is 0 Å². The second-order valence-electron chi connectivity index (χ2n) is 4.98. The van der Waals surface area contributed by atoms with Crippen molar-refractivity contribution in [2.75, 3.05) is 6.61 Å². The van der Waals surface area contributed by atoms with E-state index in [2.05, 4.69) is 26.8 Å². The molecule has 0 heterocycles. The summed E-state index contributed by atoms with van der Waals surface area (Å²) in [6.45, 7) is 7.17. The number of aliphatic hydroxyl groups excluding tert-OH is 1. The summed E-state index contributed by atoms with van der Waals surface area (Å²) in [4.78, 5) is 0. The molecule has 0 aromatic heterocycles. The molecule has 1 nitrogen and oxygen atoms in total. The Balaban J connectivity index is 2.16. The minimum absolute atomic E-state index is 0.335. The van der Waals surface area contributed by atoms with Gasteiger partial charge < -0.3 is 5.11 Å². The Morgan fingerprint density at radius 3 is 2.83 bits per heavy atom. The molecule has 68 valence electrons. The Hall–Kier alpha value is -0.300. The van der Waals surface area contributed by atoms with Crippen molar-refractivity contribution in [1.82, 2.24) is 0 Å². The lowest BCUT2D eigenvalue weighted by Crippen LogP contribution is -2.12. The van der Waals surface area contributed by atoms with E-state index in [1.807, 2.05) is 0 Å². The van der Waals surface area contributed by atoms with Gasteiger partial charge in [-0.1, -0.05) is 25.5 Å². The Kier molecular flexibility index (Phi) is 1.63. The first kappa shape index (κ1) is 8.31. The fraction of sp³-hybridized carbons (Fsp3) is 0.818. The molecular weight excluding hydrogens is 148 g/mol. The fourth-order valence-electron chi connectivity index (χ4n) is 2.70. The van der Waals surface area contributed by atoms with Crippen molar-refractivity contribution in [2.24, 2.45) is 23.2 Å². The number of allylic oxidation sites excluding steroid dienone is 1. The maximum atomic E-state index is 9.13. The molecule has 2 rings (SSSR count). The smallest absolute Gasteiger partial charge is 0.0496 e. The second kappa shape index (κ2) is 2.35. The van der Waals surface area contributed by atoms with Crippen LogP contribution in [0.3, 0.4) is 0 Å². The lowest BCUT2D eigenvalue weighted by atomic mass is 9.89. The van der Waals surface area contributed by atoms with Gasteiger partial charge in [-0.2, -0.15) is 0 Å². The predicted octanol–water partition coefficient (Wildman–Crippen LogP) is 2.22. The van der Waals surface area contributed by atoms with Gasteiger partial charge in [-0.15, -0.1) is 0 Å². The zero-order valence-corrected chi connectivity index (χ0v) is 8.17. The third-order valence-electron chi connectivity index (χ3n) is 3.98. The van der Waals surface area contributed by atoms with Crippen molar-refractivity contribution in [3.05, 3.63) is 11.6 Å². The van der Waals surface area contributed by atoms with E-state index in [0.29, 0.717) is 17.9 Å². The lowest BCUT2D eigenvalue weighted by Gasteiger charge is -2.18. The molecule has 1 saturated carbocycles. The van der Waals surface area contributed by atoms with Gasteiger partial charge in [0.25, 0.3) is 0 Å². The van der Waals surface area contributed by atoms with Gasteiger partial charge >= 0.3 is 0 Å². The third kappa shape index (κ3) is 0.957. The maximum absolute atomic E-state index is 9.13. The Bertz CT molecular complexity index is 227. The average molecular weight is 166 g/mol. The maximum Gasteiger partial charge on any atom is 0.0496 e. The van der Waals surface area contributed by atoms with Crippen LogP contribution in [0.2, 0.25) is 0 Å². The molecule has 1 N–H and O–H groups in total. The predicted molar refractivity (Wildman–Crippen MR) is 49.7 cm³/mol. The summed E-state index contributed by atoms with van der Waals surface area (Å²) in [5.41, 5.74) is 1.93. The molecule has 2 aliphatic rings. The van der Waals surface area contributed by atoms with Gasteiger partial charge in [0, 0.05) is 12.5 Å². The number of hydrogen-bond donors (Lipinski definition) is 1. The SMILES string of the molecule is CC1=C[C@@H]2[C@H](C[C@H]1CO)C2(C)C. The number of fused-ring (bicyclic) bond motifs is 1. The highest BCUT2D eigenvalue weighted by Gasteiger charge is 2.58. The number of rotatable bonds is 1. The van der Waals surface area contributed by atoms with Crippen molar-refractivity contribution in [3.8, 4) is 0 Å². The standard InChI is InChI=1S/C11H18O/c1-7-4-9-10(11(9,2)3)5-8(7)6-12/h4,8-10,12H,5-6H2,1-3H3/t8-,9+,10-/m0/s1. The van der Waals surface area contributed by atoms with E-state index in [1.165, 1.54) is 12.0 Å². The van der Waals surface area contributed by atoms with Gasteiger partial charge in [0.05, 0.1) is 0 Å². The Labute approximate surface area is 74.5 Å². The highest BCUT2D eigenvalue weighted by molar-refractivity contribution is 5.24. The first-order valence-electron chi connectivity index (χ1n) is 4.86. The van der Waals surface area contributed by atoms with Crippen molar-refractivity contribution in [3.63, 3.8) is 0 Å². The van der Waals surface area contributed by atoms with Crippen LogP contribution in [0, 0.1) is 23.2 Å². The first-order valence-corrected chi connectivity index (χ1v) is 4.86. The van der Waals surface area contributed by atoms with Gasteiger partial charge in [0.2, 0.25) is 0 Å². The summed E-state index contributed by atoms with van der Waals surface area (Å²) < 4.78 is 0. The van der Waals surface area contributed by atoms with Crippen LogP contribution in [0.4, 0.5) is 0 Å². The summed E-state index contributed by atoms with van der Waals surface area (Å²) in [5, 5.41) is 9.13. The van der Waals surface area contributed by atoms with Crippen molar-refractivity contribution < 1.29 is 5.11 Å². The van der Waals surface area contributed by atoms with Crippen molar-refractivity contribution in [1.29, 1.82) is 0 Å². The molecule has 1 heteroatoms. The van der Waals surface area contributed by atoms with Crippen LogP contribution in [0.15, 0.2) is 11.6 Å². The van der Waals surface area contributed by atoms with Crippen LogP contribution < -0.4 is 0 Å². The van der Waals surface area contributed by atoms with Gasteiger partial charge in [-0.3, -0.25) is 0 Å². The van der Waals surface area contributed by atoms with E-state index in [0.717, 1.165) is 11.8 Å². The Morgan fingerprint density at radius 2 is 2.25 bits per heavy atom. The van der Waals surface area contributed by atoms with E-state index in [9.17, 15) is 0 Å². The van der Waals surface area contributed by atoms with Crippen molar-refractivity contribution in [2.45, 2.75) is 27.2 Å². The van der Waals surface area contributed by atoms with Crippen LogP contribution in [-0.4, -0.2) is 11.7 Å². The molecule has 0 saturated heterocycles. The minimum atomic E-state index is 0.335. The molecule has 12 heavy (non-hydrogen) atoms. The average Bonchev–Trinajstić information content (AvgIpc) is 2.52. The Morgan fingerprint density at radius 1 is 1.58 bits per heavy atom. The number of hydrogen-bond acceptors (Lipinski definition) is 1. The molecular formula is C11H18O. The van der Waals surface area contributed by atoms with Crippen LogP contribution in [0.25, 0.3) is 0 Å². The van der Waals surface area contributed by atoms with Gasteiger partial charge in [-0.25, -0.2) is 0 Å². The number of aliphatic hydroxyl groups is 1. The molecule has 3 atom stereocenters. The molecule has 0 aromatic carbocycles. The summed E-state index contributed by atoms with van der Waals surface area (Å²) in [7, 11) is 0. The third-order valence-corrected chi connectivity index (χ3v) is 3.98. The topological polar surface area (TPSA) is 20.2 Å². The highest BCUT2D eigenvalue weighted by atomic mass is 16.3. The van der Waals surface area contributed by atoms with Crippen LogP contribution >= 0.6 is 0 Å². The summed E-state index contributed by atoms with van der Waals surface area (Å²) in [6, 6.07) is 0. The molecule has 0 bridgehead atoms. The van der Waals surface area contributed by atoms with Crippen LogP contribution in [0.5, 0.6) is 0 Å². The minimum Gasteiger partial charge on any atom is -0.396 e. The fourth-order valence-corrected chi connectivity index (χ4v) is 2.70. The summed E-state index contributed by atoms with van der Waals surface area (Å²) in [6.07, 6.45) is 3.59. The van der Waals surface area contributed by atoms with Gasteiger partial charge in [0.15, 0.2) is 0 Å². The molecule has 2 aliphatic carbocycles. The molecule has 0 aliphatic heterocycles. The highest BCUT2D eigenvalue weighted by Crippen LogP contribution is 2.64. The lowest BCUT2D eigenvalue weighted by molar-refractivity contribution is 0.227. The summed E-state index contributed by atoms with van der Waals surface area (Å²) >= 11 is 0. The second-order valence-corrected chi connectivity index (χ2v) is 4.98. The van der Waals surface area contributed by atoms with E-state index >= 15 is 0 Å². The van der Waals surface area contributed by atoms with Gasteiger partial charge in [-0.05, 0) is 30.6 Å². The van der Waals surface area contributed by atoms with E-state index in [4.69, 9.17) is 5.11 Å². The quantitative estimate of drug-likeness (QED) is 0.592. The van der Waals surface area contributed by atoms with E-state index < -0.39 is 0 Å². The van der Waals surface area contributed by atoms with E-state index in [-0.39, 0.29) is 0 Å². The molecule has 0 spiro atoms. The monoisotopic (exact) mass is 166 g/mol. The zero-order valence-electron chi connectivity index (χ0n) is 8.17. The zero-order chi connectivity index (χ0) is 8.93. The molecule has 0 radical (unpaired) electrons. The normalized spacial score (nSPS) is 43.3. The van der Waals surface area contributed by atoms with Gasteiger partial charge in [0.1, 0.15) is 0 Å². The molecule has 0 amide bonds. The molecule has 0 unspecified atom stereocenters. The first-order chi connectivity index (χ1) is 5.57. The molecule has 0 aromatic rings. The molecule has 1 fully saturated rings. The van der Waals surface area contributed by atoms with Crippen LogP contribution in [0.1, 0.15) is 27.2 Å². The van der Waals surface area contributed by atoms with Crippen molar-refractivity contribution >= 4 is 0 Å².